The summed E-state index contributed by atoms with van der Waals surface area (Å²) >= 11 is 0. The van der Waals surface area contributed by atoms with Crippen LogP contribution in [0.2, 0.25) is 0 Å². The SMILES string of the molecule is CCCNC(c1ccncc1OC)c1nccnc1OC. The summed E-state index contributed by atoms with van der Waals surface area (Å²) in [6.07, 6.45) is 7.71. The summed E-state index contributed by atoms with van der Waals surface area (Å²) in [5, 5.41) is 3.46. The van der Waals surface area contributed by atoms with E-state index in [4.69, 9.17) is 9.47 Å². The minimum absolute atomic E-state index is 0.161. The van der Waals surface area contributed by atoms with Crippen LogP contribution in [0.3, 0.4) is 0 Å². The number of rotatable bonds is 7. The van der Waals surface area contributed by atoms with E-state index in [1.807, 2.05) is 6.07 Å². The number of ether oxygens (including phenoxy) is 2. The molecule has 0 spiro atoms. The normalized spacial score (nSPS) is 12.0. The number of nitrogens with zero attached hydrogens (tertiary/aromatic N) is 3. The van der Waals surface area contributed by atoms with E-state index >= 15 is 0 Å². The number of hydrogen-bond acceptors (Lipinski definition) is 6. The van der Waals surface area contributed by atoms with Crippen LogP contribution in [0.25, 0.3) is 0 Å². The third-order valence-electron chi connectivity index (χ3n) is 3.10. The molecule has 0 bridgehead atoms. The summed E-state index contributed by atoms with van der Waals surface area (Å²) in [6.45, 7) is 2.96. The average Bonchev–Trinajstić information content (AvgIpc) is 2.56. The molecule has 1 unspecified atom stereocenters. The predicted molar refractivity (Wildman–Crippen MR) is 79.5 cm³/mol. The minimum atomic E-state index is -0.161. The van der Waals surface area contributed by atoms with Gasteiger partial charge >= 0.3 is 0 Å². The summed E-state index contributed by atoms with van der Waals surface area (Å²) < 4.78 is 10.7. The van der Waals surface area contributed by atoms with Crippen molar-refractivity contribution in [2.45, 2.75) is 19.4 Å². The monoisotopic (exact) mass is 288 g/mol. The van der Waals surface area contributed by atoms with Gasteiger partial charge in [0.25, 0.3) is 0 Å². The van der Waals surface area contributed by atoms with Crippen LogP contribution in [0.5, 0.6) is 11.6 Å². The van der Waals surface area contributed by atoms with Gasteiger partial charge < -0.3 is 14.8 Å². The largest absolute Gasteiger partial charge is 0.495 e. The highest BCUT2D eigenvalue weighted by Gasteiger charge is 2.23. The standard InChI is InChI=1S/C15H20N4O2/c1-4-6-17-13(11-5-7-16-10-12(11)20-2)14-15(21-3)19-9-8-18-14/h5,7-10,13,17H,4,6H2,1-3H3. The second-order valence-corrected chi connectivity index (χ2v) is 4.46. The molecule has 0 radical (unpaired) electrons. The highest BCUT2D eigenvalue weighted by Crippen LogP contribution is 2.31. The molecule has 0 aliphatic rings. The summed E-state index contributed by atoms with van der Waals surface area (Å²) in [5.74, 6) is 1.21. The molecule has 1 atom stereocenters. The second-order valence-electron chi connectivity index (χ2n) is 4.46. The van der Waals surface area contributed by atoms with Crippen molar-refractivity contribution >= 4 is 0 Å². The Hall–Kier alpha value is -2.21. The molecular weight excluding hydrogens is 268 g/mol. The van der Waals surface area contributed by atoms with Gasteiger partial charge in [0.05, 0.1) is 26.5 Å². The Balaban J connectivity index is 2.47. The van der Waals surface area contributed by atoms with E-state index in [-0.39, 0.29) is 6.04 Å². The molecule has 6 nitrogen and oxygen atoms in total. The van der Waals surface area contributed by atoms with Crippen molar-refractivity contribution in [2.75, 3.05) is 20.8 Å². The predicted octanol–water partition coefficient (Wildman–Crippen LogP) is 1.98. The summed E-state index contributed by atoms with van der Waals surface area (Å²) in [6, 6.07) is 1.76. The first kappa shape index (κ1) is 15.2. The molecular formula is C15H20N4O2. The Labute approximate surface area is 124 Å². The molecule has 6 heteroatoms. The van der Waals surface area contributed by atoms with E-state index in [0.717, 1.165) is 24.2 Å². The van der Waals surface area contributed by atoms with Crippen molar-refractivity contribution in [2.24, 2.45) is 0 Å². The molecule has 2 aromatic heterocycles. The van der Waals surface area contributed by atoms with Crippen LogP contribution in [-0.2, 0) is 0 Å². The molecule has 0 amide bonds. The van der Waals surface area contributed by atoms with Gasteiger partial charge in [-0.05, 0) is 19.0 Å². The first-order chi connectivity index (χ1) is 10.3. The third kappa shape index (κ3) is 3.46. The van der Waals surface area contributed by atoms with Crippen molar-refractivity contribution in [3.63, 3.8) is 0 Å². The lowest BCUT2D eigenvalue weighted by atomic mass is 10.0. The molecule has 21 heavy (non-hydrogen) atoms. The van der Waals surface area contributed by atoms with Gasteiger partial charge in [0.1, 0.15) is 11.4 Å². The molecule has 0 aliphatic heterocycles. The number of pyridine rings is 1. The molecule has 2 rings (SSSR count). The number of nitrogens with one attached hydrogen (secondary N) is 1. The fraction of sp³-hybridized carbons (Fsp3) is 0.400. The van der Waals surface area contributed by atoms with Crippen LogP contribution in [0.4, 0.5) is 0 Å². The molecule has 0 saturated heterocycles. The zero-order valence-corrected chi connectivity index (χ0v) is 12.5. The molecule has 0 aromatic carbocycles. The maximum Gasteiger partial charge on any atom is 0.237 e. The zero-order valence-electron chi connectivity index (χ0n) is 12.5. The van der Waals surface area contributed by atoms with Crippen molar-refractivity contribution in [1.82, 2.24) is 20.3 Å². The highest BCUT2D eigenvalue weighted by molar-refractivity contribution is 5.40. The zero-order chi connectivity index (χ0) is 15.1. The van der Waals surface area contributed by atoms with Gasteiger partial charge in [-0.2, -0.15) is 0 Å². The van der Waals surface area contributed by atoms with Gasteiger partial charge in [0.2, 0.25) is 5.88 Å². The molecule has 0 aliphatic carbocycles. The van der Waals surface area contributed by atoms with Gasteiger partial charge in [-0.15, -0.1) is 0 Å². The van der Waals surface area contributed by atoms with Crippen molar-refractivity contribution in [3.05, 3.63) is 42.1 Å². The van der Waals surface area contributed by atoms with Gasteiger partial charge in [-0.25, -0.2) is 4.98 Å². The van der Waals surface area contributed by atoms with E-state index in [1.165, 1.54) is 0 Å². The topological polar surface area (TPSA) is 69.2 Å². The molecule has 1 N–H and O–H groups in total. The van der Waals surface area contributed by atoms with Crippen molar-refractivity contribution < 1.29 is 9.47 Å². The number of hydrogen-bond donors (Lipinski definition) is 1. The molecule has 2 heterocycles. The second kappa shape index (κ2) is 7.54. The third-order valence-corrected chi connectivity index (χ3v) is 3.10. The summed E-state index contributed by atoms with van der Waals surface area (Å²) in [5.41, 5.74) is 1.69. The Morgan fingerprint density at radius 3 is 2.67 bits per heavy atom. The maximum atomic E-state index is 5.41. The summed E-state index contributed by atoms with van der Waals surface area (Å²) in [4.78, 5) is 12.7. The molecule has 2 aromatic rings. The smallest absolute Gasteiger partial charge is 0.237 e. The van der Waals surface area contributed by atoms with E-state index in [1.54, 1.807) is 39.0 Å². The lowest BCUT2D eigenvalue weighted by Crippen LogP contribution is -2.25. The van der Waals surface area contributed by atoms with E-state index in [0.29, 0.717) is 11.6 Å². The van der Waals surface area contributed by atoms with E-state index in [2.05, 4.69) is 27.2 Å². The Morgan fingerprint density at radius 1 is 1.14 bits per heavy atom. The van der Waals surface area contributed by atoms with Crippen LogP contribution in [0, 0.1) is 0 Å². The Kier molecular flexibility index (Phi) is 5.45. The first-order valence-electron chi connectivity index (χ1n) is 6.88. The fourth-order valence-corrected chi connectivity index (χ4v) is 2.13. The van der Waals surface area contributed by atoms with Gasteiger partial charge in [0, 0.05) is 24.2 Å². The van der Waals surface area contributed by atoms with Crippen LogP contribution in [0.15, 0.2) is 30.9 Å². The van der Waals surface area contributed by atoms with Gasteiger partial charge in [-0.1, -0.05) is 6.92 Å². The summed E-state index contributed by atoms with van der Waals surface area (Å²) in [7, 11) is 3.22. The number of aromatic nitrogens is 3. The maximum absolute atomic E-state index is 5.41. The van der Waals surface area contributed by atoms with Crippen LogP contribution in [-0.4, -0.2) is 35.7 Å². The van der Waals surface area contributed by atoms with Crippen molar-refractivity contribution in [1.29, 1.82) is 0 Å². The van der Waals surface area contributed by atoms with Crippen LogP contribution < -0.4 is 14.8 Å². The fourth-order valence-electron chi connectivity index (χ4n) is 2.13. The molecule has 112 valence electrons. The number of methoxy groups -OCH3 is 2. The minimum Gasteiger partial charge on any atom is -0.495 e. The lowest BCUT2D eigenvalue weighted by molar-refractivity contribution is 0.377. The molecule has 0 fully saturated rings. The lowest BCUT2D eigenvalue weighted by Gasteiger charge is -2.21. The van der Waals surface area contributed by atoms with Crippen molar-refractivity contribution in [3.8, 4) is 11.6 Å². The first-order valence-corrected chi connectivity index (χ1v) is 6.88. The quantitative estimate of drug-likeness (QED) is 0.840. The highest BCUT2D eigenvalue weighted by atomic mass is 16.5. The van der Waals surface area contributed by atoms with Crippen LogP contribution >= 0.6 is 0 Å². The van der Waals surface area contributed by atoms with E-state index in [9.17, 15) is 0 Å². The molecule has 0 saturated carbocycles. The average molecular weight is 288 g/mol. The Bertz CT molecular complexity index is 530. The van der Waals surface area contributed by atoms with Gasteiger partial charge in [0.15, 0.2) is 0 Å². The van der Waals surface area contributed by atoms with Crippen LogP contribution in [0.1, 0.15) is 30.6 Å². The Morgan fingerprint density at radius 2 is 1.95 bits per heavy atom. The van der Waals surface area contributed by atoms with E-state index < -0.39 is 0 Å². The van der Waals surface area contributed by atoms with Gasteiger partial charge in [-0.3, -0.25) is 9.97 Å².